The van der Waals surface area contributed by atoms with Gasteiger partial charge in [-0.15, -0.1) is 0 Å². The second-order valence-electron chi connectivity index (χ2n) is 11.6. The third kappa shape index (κ3) is 4.33. The average Bonchev–Trinajstić information content (AvgIpc) is 2.78. The van der Waals surface area contributed by atoms with Gasteiger partial charge in [0.15, 0.2) is 17.3 Å². The van der Waals surface area contributed by atoms with Crippen LogP contribution >= 0.6 is 0 Å². The number of ketones is 2. The third-order valence-corrected chi connectivity index (χ3v) is 7.73. The minimum absolute atomic E-state index is 0.0471. The summed E-state index contributed by atoms with van der Waals surface area (Å²) >= 11 is 0. The molecule has 3 unspecified atom stereocenters. The van der Waals surface area contributed by atoms with E-state index in [0.29, 0.717) is 5.56 Å². The molecule has 3 aliphatic carbocycles. The average molecular weight is 543 g/mol. The van der Waals surface area contributed by atoms with E-state index < -0.39 is 87.7 Å². The van der Waals surface area contributed by atoms with Crippen molar-refractivity contribution < 1.29 is 39.6 Å². The maximum Gasteiger partial charge on any atom is 0.319 e. The molecule has 12 nitrogen and oxygen atoms in total. The number of nitrogens with zero attached hydrogens (tertiary/aromatic N) is 1. The highest BCUT2D eigenvalue weighted by Crippen LogP contribution is 2.54. The molecule has 0 aliphatic heterocycles. The molecule has 0 saturated heterocycles. The standard InChI is InChI=1S/C27H34N4O8/c1-9-10-7-8-11(29-26(39)30-27(2,3)4)19(32)13(10)21(34)15-12(9)20(33)14-16(22(15)35)23(36)17(25(28)38)24(37)18(14)31(5)6/h7-9,12,14,16,18,20,32-33,35,37H,1-6H3,(H2,28,38)(H2,29,30,39)/t9-,12?,14?,16?,18-,20-/m0/s1. The van der Waals surface area contributed by atoms with Crippen LogP contribution in [0.4, 0.5) is 10.5 Å². The highest BCUT2D eigenvalue weighted by molar-refractivity contribution is 6.22. The van der Waals surface area contributed by atoms with Gasteiger partial charge in [0, 0.05) is 22.9 Å². The van der Waals surface area contributed by atoms with Gasteiger partial charge in [0.05, 0.1) is 29.3 Å². The van der Waals surface area contributed by atoms with Crippen molar-refractivity contribution in [1.29, 1.82) is 0 Å². The molecule has 0 heterocycles. The monoisotopic (exact) mass is 542 g/mol. The first-order valence-corrected chi connectivity index (χ1v) is 12.5. The Kier molecular flexibility index (Phi) is 6.76. The van der Waals surface area contributed by atoms with Crippen molar-refractivity contribution in [1.82, 2.24) is 10.2 Å². The number of primary amides is 1. The fourth-order valence-corrected chi connectivity index (χ4v) is 6.21. The molecule has 3 amide bonds. The fraction of sp³-hybridized carbons (Fsp3) is 0.481. The summed E-state index contributed by atoms with van der Waals surface area (Å²) in [5.41, 5.74) is 3.98. The number of carbonyl (C=O) groups excluding carboxylic acids is 4. The molecule has 6 atom stereocenters. The lowest BCUT2D eigenvalue weighted by Gasteiger charge is -2.50. The number of rotatable bonds is 3. The Balaban J connectivity index is 1.87. The van der Waals surface area contributed by atoms with Crippen LogP contribution in [0.25, 0.3) is 0 Å². The molecular weight excluding hydrogens is 508 g/mol. The van der Waals surface area contributed by atoms with Crippen molar-refractivity contribution in [2.75, 3.05) is 19.4 Å². The quantitative estimate of drug-likeness (QED) is 0.218. The van der Waals surface area contributed by atoms with Gasteiger partial charge in [-0.3, -0.25) is 19.3 Å². The van der Waals surface area contributed by atoms with Gasteiger partial charge in [0.2, 0.25) is 0 Å². The first-order valence-electron chi connectivity index (χ1n) is 12.5. The summed E-state index contributed by atoms with van der Waals surface area (Å²) in [5.74, 6) is -9.07. The number of carbonyl (C=O) groups is 4. The number of allylic oxidation sites excluding steroid dienone is 1. The molecule has 0 aromatic heterocycles. The number of aromatic hydroxyl groups is 1. The van der Waals surface area contributed by atoms with E-state index in [2.05, 4.69) is 10.6 Å². The molecule has 0 fully saturated rings. The first-order chi connectivity index (χ1) is 18.0. The number of urea groups is 1. The van der Waals surface area contributed by atoms with Crippen LogP contribution in [-0.2, 0) is 9.59 Å². The van der Waals surface area contributed by atoms with Crippen molar-refractivity contribution in [2.24, 2.45) is 23.5 Å². The number of phenols is 1. The normalized spacial score (nSPS) is 28.6. The number of hydrogen-bond acceptors (Lipinski definition) is 9. The summed E-state index contributed by atoms with van der Waals surface area (Å²) in [7, 11) is 3.14. The molecule has 0 saturated carbocycles. The molecular formula is C27H34N4O8. The molecule has 0 spiro atoms. The molecule has 12 heteroatoms. The lowest BCUT2D eigenvalue weighted by molar-refractivity contribution is -0.131. The number of fused-ring (bicyclic) bond motifs is 3. The lowest BCUT2D eigenvalue weighted by Crippen LogP contribution is -2.59. The van der Waals surface area contributed by atoms with Gasteiger partial charge in [-0.25, -0.2) is 4.79 Å². The maximum atomic E-state index is 13.8. The summed E-state index contributed by atoms with van der Waals surface area (Å²) < 4.78 is 0. The molecule has 0 bridgehead atoms. The van der Waals surface area contributed by atoms with Crippen molar-refractivity contribution >= 4 is 29.2 Å². The van der Waals surface area contributed by atoms with Crippen LogP contribution in [0.5, 0.6) is 5.75 Å². The number of aliphatic hydroxyl groups is 3. The number of likely N-dealkylation sites (N-methyl/N-ethyl adjacent to an activating group) is 1. The number of amides is 3. The summed E-state index contributed by atoms with van der Waals surface area (Å²) in [4.78, 5) is 53.2. The number of aliphatic hydroxyl groups excluding tert-OH is 3. The van der Waals surface area contributed by atoms with E-state index in [-0.39, 0.29) is 16.8 Å². The van der Waals surface area contributed by atoms with E-state index >= 15 is 0 Å². The summed E-state index contributed by atoms with van der Waals surface area (Å²) in [6.07, 6.45) is -1.40. The van der Waals surface area contributed by atoms with Crippen molar-refractivity contribution in [3.63, 3.8) is 0 Å². The minimum Gasteiger partial charge on any atom is -0.511 e. The predicted octanol–water partition coefficient (Wildman–Crippen LogP) is 1.46. The van der Waals surface area contributed by atoms with Gasteiger partial charge in [-0.05, 0) is 52.4 Å². The van der Waals surface area contributed by atoms with Gasteiger partial charge in [-0.1, -0.05) is 13.0 Å². The number of hydrogen-bond donors (Lipinski definition) is 7. The van der Waals surface area contributed by atoms with Gasteiger partial charge in [-0.2, -0.15) is 0 Å². The van der Waals surface area contributed by atoms with E-state index in [1.807, 2.05) is 0 Å². The molecule has 8 N–H and O–H groups in total. The van der Waals surface area contributed by atoms with Crippen LogP contribution < -0.4 is 16.4 Å². The van der Waals surface area contributed by atoms with Crippen LogP contribution in [0.2, 0.25) is 0 Å². The fourth-order valence-electron chi connectivity index (χ4n) is 6.21. The molecule has 4 rings (SSSR count). The Morgan fingerprint density at radius 3 is 2.21 bits per heavy atom. The lowest BCUT2D eigenvalue weighted by atomic mass is 9.57. The first kappa shape index (κ1) is 28.1. The second kappa shape index (κ2) is 9.38. The van der Waals surface area contributed by atoms with Gasteiger partial charge >= 0.3 is 6.03 Å². The Morgan fingerprint density at radius 1 is 1.05 bits per heavy atom. The zero-order valence-corrected chi connectivity index (χ0v) is 22.6. The van der Waals surface area contributed by atoms with Gasteiger partial charge in [0.25, 0.3) is 5.91 Å². The molecule has 210 valence electrons. The summed E-state index contributed by atoms with van der Waals surface area (Å²) in [6.45, 7) is 7.01. The minimum atomic E-state index is -1.53. The van der Waals surface area contributed by atoms with Crippen LogP contribution in [0.1, 0.15) is 49.5 Å². The Labute approximate surface area is 225 Å². The van der Waals surface area contributed by atoms with E-state index in [1.165, 1.54) is 11.0 Å². The number of benzene rings is 1. The van der Waals surface area contributed by atoms with Crippen LogP contribution in [0, 0.1) is 17.8 Å². The van der Waals surface area contributed by atoms with Crippen molar-refractivity contribution in [3.8, 4) is 5.75 Å². The zero-order valence-electron chi connectivity index (χ0n) is 22.6. The highest BCUT2D eigenvalue weighted by atomic mass is 16.3. The van der Waals surface area contributed by atoms with Crippen molar-refractivity contribution in [3.05, 3.63) is 45.9 Å². The van der Waals surface area contributed by atoms with Crippen LogP contribution in [-0.4, -0.2) is 80.6 Å². The maximum absolute atomic E-state index is 13.8. The van der Waals surface area contributed by atoms with E-state index in [1.54, 1.807) is 47.9 Å². The Hall–Kier alpha value is -3.90. The topological polar surface area (TPSA) is 203 Å². The largest absolute Gasteiger partial charge is 0.511 e. The van der Waals surface area contributed by atoms with Crippen LogP contribution in [0.15, 0.2) is 34.8 Å². The molecule has 39 heavy (non-hydrogen) atoms. The molecule has 1 aromatic rings. The summed E-state index contributed by atoms with van der Waals surface area (Å²) in [6, 6.07) is 1.32. The number of phenolic OH excluding ortho intramolecular Hbond substituents is 1. The summed E-state index contributed by atoms with van der Waals surface area (Å²) in [5, 5.41) is 50.1. The van der Waals surface area contributed by atoms with E-state index in [4.69, 9.17) is 5.73 Å². The smallest absolute Gasteiger partial charge is 0.319 e. The van der Waals surface area contributed by atoms with Crippen molar-refractivity contribution in [2.45, 2.75) is 51.3 Å². The third-order valence-electron chi connectivity index (χ3n) is 7.73. The SMILES string of the molecule is C[C@H]1c2ccc(NC(=O)NC(C)(C)C)c(O)c2C(=O)C2=C(O)C3C(=O)C(C(N)=O)=C(O)[C@@H](N(C)C)C3[C@@H](O)C21. The zero-order chi connectivity index (χ0) is 29.3. The number of Topliss-reactive ketones (excluding diaryl/α,β-unsaturated/α-hetero) is 2. The second-order valence-corrected chi connectivity index (χ2v) is 11.6. The van der Waals surface area contributed by atoms with E-state index in [0.717, 1.165) is 0 Å². The molecule has 1 aromatic carbocycles. The van der Waals surface area contributed by atoms with E-state index in [9.17, 15) is 39.6 Å². The van der Waals surface area contributed by atoms with Crippen LogP contribution in [0.3, 0.4) is 0 Å². The Bertz CT molecular complexity index is 1360. The number of nitrogens with two attached hydrogens (primary N) is 1. The predicted molar refractivity (Wildman–Crippen MR) is 140 cm³/mol. The number of nitrogens with one attached hydrogen (secondary N) is 2. The van der Waals surface area contributed by atoms with Gasteiger partial charge in [0.1, 0.15) is 17.1 Å². The number of anilines is 1. The highest BCUT2D eigenvalue weighted by Gasteiger charge is 2.59. The van der Waals surface area contributed by atoms with Gasteiger partial charge < -0.3 is 36.8 Å². The molecule has 3 aliphatic rings. The Morgan fingerprint density at radius 2 is 1.67 bits per heavy atom. The molecule has 0 radical (unpaired) electrons.